The van der Waals surface area contributed by atoms with Gasteiger partial charge < -0.3 is 4.84 Å². The van der Waals surface area contributed by atoms with Gasteiger partial charge in [-0.05, 0) is 6.07 Å². The van der Waals surface area contributed by atoms with Crippen molar-refractivity contribution in [1.82, 2.24) is 4.98 Å². The molecule has 0 N–H and O–H groups in total. The van der Waals surface area contributed by atoms with E-state index >= 15 is 0 Å². The predicted octanol–water partition coefficient (Wildman–Crippen LogP) is 0.449. The number of amides is 1. The van der Waals surface area contributed by atoms with Crippen molar-refractivity contribution in [1.29, 1.82) is 0 Å². The lowest BCUT2D eigenvalue weighted by atomic mass is 10.2. The number of hydrogen-bond acceptors (Lipinski definition) is 4. The minimum atomic E-state index is -0.531. The zero-order valence-electron chi connectivity index (χ0n) is 7.56. The highest BCUT2D eigenvalue weighted by Crippen LogP contribution is 2.25. The van der Waals surface area contributed by atoms with Crippen LogP contribution >= 0.6 is 0 Å². The van der Waals surface area contributed by atoms with Gasteiger partial charge in [0.25, 0.3) is 5.91 Å². The van der Waals surface area contributed by atoms with Gasteiger partial charge in [-0.2, -0.15) is 0 Å². The molecule has 0 bridgehead atoms. The van der Waals surface area contributed by atoms with Gasteiger partial charge in [-0.25, -0.2) is 9.78 Å². The smallest absolute Gasteiger partial charge is 0.330 e. The summed E-state index contributed by atoms with van der Waals surface area (Å²) in [6.07, 6.45) is 1.78. The van der Waals surface area contributed by atoms with E-state index in [1.165, 1.54) is 6.92 Å². The van der Waals surface area contributed by atoms with Crippen molar-refractivity contribution in [3.63, 3.8) is 0 Å². The van der Waals surface area contributed by atoms with E-state index in [1.54, 1.807) is 18.3 Å². The Hall–Kier alpha value is -1.91. The normalized spacial score (nSPS) is 14.1. The summed E-state index contributed by atoms with van der Waals surface area (Å²) in [6, 6.07) is 3.52. The highest BCUT2D eigenvalue weighted by Gasteiger charge is 2.30. The minimum Gasteiger partial charge on any atom is -0.332 e. The number of aromatic nitrogens is 1. The molecule has 1 aromatic rings. The van der Waals surface area contributed by atoms with Gasteiger partial charge in [0.1, 0.15) is 0 Å². The summed E-state index contributed by atoms with van der Waals surface area (Å²) in [6.45, 7) is 1.24. The summed E-state index contributed by atoms with van der Waals surface area (Å²) in [7, 11) is 0. The summed E-state index contributed by atoms with van der Waals surface area (Å²) in [5, 5.41) is 0.942. The zero-order valence-corrected chi connectivity index (χ0v) is 7.56. The number of carbonyl (C=O) groups excluding carboxylic acids is 2. The molecule has 1 aliphatic heterocycles. The van der Waals surface area contributed by atoms with Gasteiger partial charge in [-0.15, -0.1) is 5.06 Å². The van der Waals surface area contributed by atoms with Crippen LogP contribution in [0, 0.1) is 0 Å². The highest BCUT2D eigenvalue weighted by molar-refractivity contribution is 5.99. The van der Waals surface area contributed by atoms with Crippen LogP contribution in [-0.2, 0) is 20.8 Å². The summed E-state index contributed by atoms with van der Waals surface area (Å²) in [5.74, 6) is -0.390. The Morgan fingerprint density at radius 3 is 3.14 bits per heavy atom. The van der Waals surface area contributed by atoms with E-state index in [-0.39, 0.29) is 12.3 Å². The van der Waals surface area contributed by atoms with Gasteiger partial charge in [-0.1, -0.05) is 6.07 Å². The van der Waals surface area contributed by atoms with Crippen molar-refractivity contribution in [2.45, 2.75) is 13.3 Å². The SMILES string of the molecule is CC(=O)ON1C(=O)Cc2cccnc21. The molecule has 0 saturated carbocycles. The maximum atomic E-state index is 11.4. The summed E-state index contributed by atoms with van der Waals surface area (Å²) < 4.78 is 0. The van der Waals surface area contributed by atoms with Crippen LogP contribution in [0.5, 0.6) is 0 Å². The van der Waals surface area contributed by atoms with Crippen molar-refractivity contribution < 1.29 is 14.4 Å². The largest absolute Gasteiger partial charge is 0.332 e. The fourth-order valence-electron chi connectivity index (χ4n) is 1.33. The molecule has 0 spiro atoms. The van der Waals surface area contributed by atoms with Crippen LogP contribution in [0.1, 0.15) is 12.5 Å². The number of hydrogen-bond donors (Lipinski definition) is 0. The van der Waals surface area contributed by atoms with E-state index in [4.69, 9.17) is 4.84 Å². The Balaban J connectivity index is 2.34. The third-order valence-electron chi connectivity index (χ3n) is 1.85. The van der Waals surface area contributed by atoms with Gasteiger partial charge >= 0.3 is 5.97 Å². The lowest BCUT2D eigenvalue weighted by Crippen LogP contribution is -2.29. The molecule has 0 radical (unpaired) electrons. The van der Waals surface area contributed by atoms with Crippen LogP contribution in [0.15, 0.2) is 18.3 Å². The van der Waals surface area contributed by atoms with Gasteiger partial charge in [0.15, 0.2) is 5.82 Å². The molecule has 1 aromatic heterocycles. The topological polar surface area (TPSA) is 59.5 Å². The number of carbonyl (C=O) groups is 2. The van der Waals surface area contributed by atoms with Crippen LogP contribution < -0.4 is 5.06 Å². The van der Waals surface area contributed by atoms with E-state index in [0.717, 1.165) is 10.6 Å². The Labute approximate surface area is 80.3 Å². The second-order valence-electron chi connectivity index (χ2n) is 2.93. The van der Waals surface area contributed by atoms with Crippen molar-refractivity contribution >= 4 is 17.7 Å². The van der Waals surface area contributed by atoms with Crippen LogP contribution in [0.4, 0.5) is 5.82 Å². The molecule has 14 heavy (non-hydrogen) atoms. The molecule has 0 unspecified atom stereocenters. The van der Waals surface area contributed by atoms with Crippen molar-refractivity contribution in [2.75, 3.05) is 5.06 Å². The summed E-state index contributed by atoms with van der Waals surface area (Å²) >= 11 is 0. The van der Waals surface area contributed by atoms with E-state index in [2.05, 4.69) is 4.98 Å². The first-order chi connectivity index (χ1) is 6.68. The number of anilines is 1. The van der Waals surface area contributed by atoms with Crippen LogP contribution in [0.3, 0.4) is 0 Å². The molecule has 5 nitrogen and oxygen atoms in total. The minimum absolute atomic E-state index is 0.233. The molecule has 1 amide bonds. The highest BCUT2D eigenvalue weighted by atomic mass is 16.7. The molecule has 0 atom stereocenters. The fraction of sp³-hybridized carbons (Fsp3) is 0.222. The molecule has 0 fully saturated rings. The number of pyridine rings is 1. The quantitative estimate of drug-likeness (QED) is 0.648. The standard InChI is InChI=1S/C9H8N2O3/c1-6(12)14-11-8(13)5-7-3-2-4-10-9(7)11/h2-4H,5H2,1H3. The summed E-state index contributed by atoms with van der Waals surface area (Å²) in [4.78, 5) is 30.8. The van der Waals surface area contributed by atoms with Gasteiger partial charge in [0, 0.05) is 18.7 Å². The number of rotatable bonds is 1. The Morgan fingerprint density at radius 1 is 1.64 bits per heavy atom. The predicted molar refractivity (Wildman–Crippen MR) is 47.2 cm³/mol. The van der Waals surface area contributed by atoms with E-state index in [1.807, 2.05) is 0 Å². The maximum Gasteiger partial charge on any atom is 0.330 e. The number of nitrogens with zero attached hydrogens (tertiary/aromatic N) is 2. The van der Waals surface area contributed by atoms with Gasteiger partial charge in [-0.3, -0.25) is 4.79 Å². The second-order valence-corrected chi connectivity index (χ2v) is 2.93. The number of hydroxylamine groups is 1. The zero-order chi connectivity index (χ0) is 10.1. The van der Waals surface area contributed by atoms with E-state index < -0.39 is 5.97 Å². The second kappa shape index (κ2) is 3.10. The molecule has 2 heterocycles. The van der Waals surface area contributed by atoms with Crippen molar-refractivity contribution in [3.05, 3.63) is 23.9 Å². The Bertz CT molecular complexity index is 403. The fourth-order valence-corrected chi connectivity index (χ4v) is 1.33. The molecule has 72 valence electrons. The lowest BCUT2D eigenvalue weighted by molar-refractivity contribution is -0.147. The molecule has 5 heteroatoms. The van der Waals surface area contributed by atoms with Crippen LogP contribution in [-0.4, -0.2) is 16.9 Å². The maximum absolute atomic E-state index is 11.4. The van der Waals surface area contributed by atoms with Gasteiger partial charge in [0.05, 0.1) is 6.42 Å². The molecule has 0 saturated heterocycles. The Morgan fingerprint density at radius 2 is 2.43 bits per heavy atom. The molecule has 1 aliphatic rings. The van der Waals surface area contributed by atoms with Crippen LogP contribution in [0.2, 0.25) is 0 Å². The Kier molecular flexibility index (Phi) is 1.92. The van der Waals surface area contributed by atoms with Crippen molar-refractivity contribution in [3.8, 4) is 0 Å². The lowest BCUT2D eigenvalue weighted by Gasteiger charge is -2.12. The first-order valence-electron chi connectivity index (χ1n) is 4.14. The monoisotopic (exact) mass is 192 g/mol. The van der Waals surface area contributed by atoms with E-state index in [9.17, 15) is 9.59 Å². The van der Waals surface area contributed by atoms with Crippen LogP contribution in [0.25, 0.3) is 0 Å². The average Bonchev–Trinajstić information content (AvgIpc) is 2.43. The van der Waals surface area contributed by atoms with Crippen molar-refractivity contribution in [2.24, 2.45) is 0 Å². The molecule has 2 rings (SSSR count). The third kappa shape index (κ3) is 1.32. The van der Waals surface area contributed by atoms with E-state index in [0.29, 0.717) is 5.82 Å². The first-order valence-corrected chi connectivity index (χ1v) is 4.14. The average molecular weight is 192 g/mol. The third-order valence-corrected chi connectivity index (χ3v) is 1.85. The van der Waals surface area contributed by atoms with Gasteiger partial charge in [0.2, 0.25) is 0 Å². The molecule has 0 aromatic carbocycles. The molecule has 0 aliphatic carbocycles. The summed E-state index contributed by atoms with van der Waals surface area (Å²) in [5.41, 5.74) is 0.777. The molecular formula is C9H8N2O3. The first kappa shape index (κ1) is 8.68. The molecular weight excluding hydrogens is 184 g/mol. The number of fused-ring (bicyclic) bond motifs is 1.